The van der Waals surface area contributed by atoms with Crippen molar-refractivity contribution in [1.82, 2.24) is 0 Å². The minimum Gasteiger partial charge on any atom is -0.388 e. The van der Waals surface area contributed by atoms with Crippen molar-refractivity contribution in [2.75, 3.05) is 7.11 Å². The molecule has 1 rings (SSSR count). The summed E-state index contributed by atoms with van der Waals surface area (Å²) in [7, 11) is 1.37. The normalized spacial score (nSPS) is 49.2. The van der Waals surface area contributed by atoms with E-state index in [4.69, 9.17) is 9.47 Å². The van der Waals surface area contributed by atoms with Crippen molar-refractivity contribution in [2.24, 2.45) is 0 Å². The van der Waals surface area contributed by atoms with Gasteiger partial charge in [-0.3, -0.25) is 0 Å². The lowest BCUT2D eigenvalue weighted by atomic mass is 10.0. The molecule has 1 aliphatic heterocycles. The van der Waals surface area contributed by atoms with E-state index in [9.17, 15) is 15.3 Å². The number of ether oxygens (including phenoxy) is 2. The first-order valence-electron chi connectivity index (χ1n) is 3.80. The summed E-state index contributed by atoms with van der Waals surface area (Å²) >= 11 is 0. The molecule has 1 heterocycles. The van der Waals surface area contributed by atoms with Crippen LogP contribution in [0.3, 0.4) is 0 Å². The standard InChI is InChI=1S/C7H14O5/c1-3-4(8)5(9)6(10)7(11-2)12-3/h3-10H,1-2H3/t3-,4-,5-,6+,7+/m1/s1. The molecule has 0 aliphatic carbocycles. The molecule has 0 spiro atoms. The van der Waals surface area contributed by atoms with E-state index < -0.39 is 30.7 Å². The van der Waals surface area contributed by atoms with E-state index in [1.54, 1.807) is 6.92 Å². The van der Waals surface area contributed by atoms with E-state index in [-0.39, 0.29) is 0 Å². The highest BCUT2D eigenvalue weighted by Gasteiger charge is 2.41. The van der Waals surface area contributed by atoms with Crippen molar-refractivity contribution < 1.29 is 24.8 Å². The molecule has 5 atom stereocenters. The molecule has 0 aromatic rings. The Bertz CT molecular complexity index is 146. The predicted octanol–water partition coefficient (Wildman–Crippen LogP) is -1.54. The number of rotatable bonds is 1. The Hall–Kier alpha value is -0.200. The van der Waals surface area contributed by atoms with E-state index >= 15 is 0 Å². The van der Waals surface area contributed by atoms with Gasteiger partial charge in [-0.25, -0.2) is 0 Å². The zero-order valence-electron chi connectivity index (χ0n) is 7.04. The third kappa shape index (κ3) is 1.60. The van der Waals surface area contributed by atoms with Gasteiger partial charge in [0.1, 0.15) is 18.3 Å². The summed E-state index contributed by atoms with van der Waals surface area (Å²) in [4.78, 5) is 0. The Kier molecular flexibility index (Phi) is 3.03. The van der Waals surface area contributed by atoms with E-state index in [0.717, 1.165) is 0 Å². The molecule has 1 aliphatic rings. The van der Waals surface area contributed by atoms with Crippen LogP contribution in [0.1, 0.15) is 6.92 Å². The lowest BCUT2D eigenvalue weighted by molar-refractivity contribution is -0.286. The quantitative estimate of drug-likeness (QED) is 0.453. The maximum atomic E-state index is 9.27. The number of methoxy groups -OCH3 is 1. The number of hydrogen-bond acceptors (Lipinski definition) is 5. The van der Waals surface area contributed by atoms with Crippen molar-refractivity contribution in [2.45, 2.75) is 37.6 Å². The third-order valence-electron chi connectivity index (χ3n) is 2.04. The van der Waals surface area contributed by atoms with Gasteiger partial charge in [0.2, 0.25) is 0 Å². The first kappa shape index (κ1) is 9.88. The summed E-state index contributed by atoms with van der Waals surface area (Å²) in [6.07, 6.45) is -4.86. The molecule has 12 heavy (non-hydrogen) atoms. The lowest BCUT2D eigenvalue weighted by Gasteiger charge is -2.38. The van der Waals surface area contributed by atoms with Crippen LogP contribution in [0.5, 0.6) is 0 Å². The average Bonchev–Trinajstić information content (AvgIpc) is 2.08. The van der Waals surface area contributed by atoms with Gasteiger partial charge in [0.25, 0.3) is 0 Å². The average molecular weight is 178 g/mol. The highest BCUT2D eigenvalue weighted by atomic mass is 16.7. The molecule has 0 radical (unpaired) electrons. The molecule has 0 bridgehead atoms. The molecule has 0 saturated carbocycles. The second-order valence-corrected chi connectivity index (χ2v) is 2.92. The molecule has 0 aromatic carbocycles. The summed E-state index contributed by atoms with van der Waals surface area (Å²) in [5.41, 5.74) is 0. The minimum absolute atomic E-state index is 0.534. The van der Waals surface area contributed by atoms with Crippen LogP contribution in [0, 0.1) is 0 Å². The maximum Gasteiger partial charge on any atom is 0.186 e. The van der Waals surface area contributed by atoms with Crippen LogP contribution in [0.4, 0.5) is 0 Å². The van der Waals surface area contributed by atoms with E-state index in [0.29, 0.717) is 0 Å². The van der Waals surface area contributed by atoms with Crippen LogP contribution in [-0.4, -0.2) is 53.1 Å². The second-order valence-electron chi connectivity index (χ2n) is 2.92. The van der Waals surface area contributed by atoms with Gasteiger partial charge in [-0.15, -0.1) is 0 Å². The van der Waals surface area contributed by atoms with Crippen LogP contribution in [-0.2, 0) is 9.47 Å². The SMILES string of the molecule is CO[C@H]1O[C@H](C)[C@@H](O)[C@@H](O)[C@@H]1O. The van der Waals surface area contributed by atoms with Crippen LogP contribution in [0.2, 0.25) is 0 Å². The van der Waals surface area contributed by atoms with Gasteiger partial charge in [-0.2, -0.15) is 0 Å². The highest BCUT2D eigenvalue weighted by molar-refractivity contribution is 4.86. The number of aliphatic hydroxyl groups is 3. The molecule has 1 fully saturated rings. The fraction of sp³-hybridized carbons (Fsp3) is 1.00. The molecule has 5 nitrogen and oxygen atoms in total. The predicted molar refractivity (Wildman–Crippen MR) is 39.4 cm³/mol. The zero-order chi connectivity index (χ0) is 9.30. The lowest BCUT2D eigenvalue weighted by Crippen LogP contribution is -2.57. The number of hydrogen-bond donors (Lipinski definition) is 3. The minimum atomic E-state index is -1.21. The topological polar surface area (TPSA) is 79.2 Å². The fourth-order valence-corrected chi connectivity index (χ4v) is 1.21. The van der Waals surface area contributed by atoms with Gasteiger partial charge in [0.05, 0.1) is 6.10 Å². The van der Waals surface area contributed by atoms with Crippen molar-refractivity contribution in [3.05, 3.63) is 0 Å². The molecular formula is C7H14O5. The van der Waals surface area contributed by atoms with Gasteiger partial charge < -0.3 is 24.8 Å². The van der Waals surface area contributed by atoms with Crippen LogP contribution in [0.25, 0.3) is 0 Å². The van der Waals surface area contributed by atoms with Crippen LogP contribution in [0.15, 0.2) is 0 Å². The van der Waals surface area contributed by atoms with Crippen molar-refractivity contribution in [3.8, 4) is 0 Å². The van der Waals surface area contributed by atoms with E-state index in [2.05, 4.69) is 0 Å². The molecule has 0 amide bonds. The van der Waals surface area contributed by atoms with Gasteiger partial charge in [-0.1, -0.05) is 0 Å². The molecule has 72 valence electrons. The van der Waals surface area contributed by atoms with Gasteiger partial charge in [-0.05, 0) is 6.92 Å². The van der Waals surface area contributed by atoms with Crippen molar-refractivity contribution in [3.63, 3.8) is 0 Å². The van der Waals surface area contributed by atoms with Crippen molar-refractivity contribution in [1.29, 1.82) is 0 Å². The highest BCUT2D eigenvalue weighted by Crippen LogP contribution is 2.20. The van der Waals surface area contributed by atoms with Gasteiger partial charge in [0, 0.05) is 7.11 Å². The molecule has 0 unspecified atom stereocenters. The van der Waals surface area contributed by atoms with Crippen LogP contribution >= 0.6 is 0 Å². The molecule has 5 heteroatoms. The summed E-state index contributed by atoms with van der Waals surface area (Å²) in [5, 5.41) is 27.8. The van der Waals surface area contributed by atoms with Gasteiger partial charge in [0.15, 0.2) is 6.29 Å². The third-order valence-corrected chi connectivity index (χ3v) is 2.04. The Morgan fingerprint density at radius 3 is 2.17 bits per heavy atom. The summed E-state index contributed by atoms with van der Waals surface area (Å²) in [5.74, 6) is 0. The van der Waals surface area contributed by atoms with Crippen LogP contribution < -0.4 is 0 Å². The Morgan fingerprint density at radius 1 is 1.08 bits per heavy atom. The molecule has 0 aromatic heterocycles. The first-order chi connectivity index (χ1) is 5.57. The molecule has 3 N–H and O–H groups in total. The Balaban J connectivity index is 2.63. The van der Waals surface area contributed by atoms with E-state index in [1.165, 1.54) is 7.11 Å². The fourth-order valence-electron chi connectivity index (χ4n) is 1.21. The first-order valence-corrected chi connectivity index (χ1v) is 3.80. The largest absolute Gasteiger partial charge is 0.388 e. The summed E-state index contributed by atoms with van der Waals surface area (Å²) in [6, 6.07) is 0. The molecular weight excluding hydrogens is 164 g/mol. The van der Waals surface area contributed by atoms with E-state index in [1.807, 2.05) is 0 Å². The monoisotopic (exact) mass is 178 g/mol. The smallest absolute Gasteiger partial charge is 0.186 e. The second kappa shape index (κ2) is 3.68. The summed E-state index contributed by atoms with van der Waals surface area (Å²) in [6.45, 7) is 1.60. The Morgan fingerprint density at radius 2 is 1.67 bits per heavy atom. The maximum absolute atomic E-state index is 9.27. The zero-order valence-corrected chi connectivity index (χ0v) is 7.04. The van der Waals surface area contributed by atoms with Gasteiger partial charge >= 0.3 is 0 Å². The number of aliphatic hydroxyl groups excluding tert-OH is 3. The molecule has 1 saturated heterocycles. The van der Waals surface area contributed by atoms with Crippen molar-refractivity contribution >= 4 is 0 Å². The Labute approximate surface area is 70.5 Å². The summed E-state index contributed by atoms with van der Waals surface area (Å²) < 4.78 is 9.80.